The Hall–Kier alpha value is -3.32. The number of Topliss-reactive ketones (excluding diaryl/α,β-unsaturated/α-hetero) is 1. The number of aliphatic hydroxyl groups excluding tert-OH is 2. The van der Waals surface area contributed by atoms with Crippen LogP contribution in [0.5, 0.6) is 11.5 Å². The summed E-state index contributed by atoms with van der Waals surface area (Å²) in [6.07, 6.45) is 1.16. The Morgan fingerprint density at radius 3 is 2.48 bits per heavy atom. The van der Waals surface area contributed by atoms with E-state index in [1.165, 1.54) is 4.90 Å². The molecule has 0 aliphatic carbocycles. The molecule has 1 aliphatic heterocycles. The largest absolute Gasteiger partial charge is 0.507 e. The summed E-state index contributed by atoms with van der Waals surface area (Å²) in [6.45, 7) is 2.68. The van der Waals surface area contributed by atoms with Crippen molar-refractivity contribution in [2.45, 2.75) is 25.8 Å². The van der Waals surface area contributed by atoms with Gasteiger partial charge in [-0.15, -0.1) is 0 Å². The minimum atomic E-state index is -0.719. The monoisotopic (exact) mass is 425 g/mol. The fourth-order valence-corrected chi connectivity index (χ4v) is 3.63. The van der Waals surface area contributed by atoms with E-state index in [0.717, 1.165) is 0 Å². The van der Waals surface area contributed by atoms with Crippen LogP contribution >= 0.6 is 0 Å². The maximum atomic E-state index is 12.9. The second-order valence-corrected chi connectivity index (χ2v) is 7.22. The molecule has 164 valence electrons. The van der Waals surface area contributed by atoms with Gasteiger partial charge in [-0.05, 0) is 48.4 Å². The number of hydrogen-bond donors (Lipinski definition) is 2. The maximum absolute atomic E-state index is 12.9. The van der Waals surface area contributed by atoms with E-state index in [0.29, 0.717) is 48.6 Å². The van der Waals surface area contributed by atoms with E-state index in [4.69, 9.17) is 14.6 Å². The van der Waals surface area contributed by atoms with Gasteiger partial charge in [0.1, 0.15) is 17.3 Å². The Kier molecular flexibility index (Phi) is 7.31. The summed E-state index contributed by atoms with van der Waals surface area (Å²) in [4.78, 5) is 27.2. The first kappa shape index (κ1) is 22.4. The Bertz CT molecular complexity index is 966. The highest BCUT2D eigenvalue weighted by molar-refractivity contribution is 6.46. The lowest BCUT2D eigenvalue weighted by Gasteiger charge is -2.25. The van der Waals surface area contributed by atoms with Crippen LogP contribution in [-0.2, 0) is 9.59 Å². The van der Waals surface area contributed by atoms with E-state index >= 15 is 0 Å². The first-order valence-electron chi connectivity index (χ1n) is 10.3. The summed E-state index contributed by atoms with van der Waals surface area (Å²) >= 11 is 0. The molecular formula is C24H27NO6. The lowest BCUT2D eigenvalue weighted by atomic mass is 9.95. The fourth-order valence-electron chi connectivity index (χ4n) is 3.63. The number of rotatable bonds is 9. The molecule has 0 bridgehead atoms. The van der Waals surface area contributed by atoms with Crippen LogP contribution < -0.4 is 9.47 Å². The highest BCUT2D eigenvalue weighted by atomic mass is 16.5. The van der Waals surface area contributed by atoms with E-state index in [9.17, 15) is 14.7 Å². The Morgan fingerprint density at radius 1 is 1.10 bits per heavy atom. The Labute approximate surface area is 181 Å². The van der Waals surface area contributed by atoms with Gasteiger partial charge in [-0.2, -0.15) is 0 Å². The number of carbonyl (C=O) groups excluding carboxylic acids is 2. The number of ketones is 1. The van der Waals surface area contributed by atoms with Gasteiger partial charge in [0.15, 0.2) is 0 Å². The summed E-state index contributed by atoms with van der Waals surface area (Å²) in [5.74, 6) is -0.382. The number of carbonyl (C=O) groups is 2. The standard InChI is InChI=1S/C24H27NO6/c1-3-12-25-21(17-6-4-7-19(15-17)31-14-5-13-26)20(23(28)24(25)29)22(27)16-8-10-18(30-2)11-9-16/h4,6-11,15,21,26-27H,3,5,12-14H2,1-2H3/b22-20-. The zero-order valence-corrected chi connectivity index (χ0v) is 17.7. The van der Waals surface area contributed by atoms with Crippen molar-refractivity contribution in [3.63, 3.8) is 0 Å². The van der Waals surface area contributed by atoms with Crippen LogP contribution in [0.3, 0.4) is 0 Å². The number of likely N-dealkylation sites (tertiary alicyclic amines) is 1. The van der Waals surface area contributed by atoms with Gasteiger partial charge in [-0.1, -0.05) is 19.1 Å². The van der Waals surface area contributed by atoms with Crippen LogP contribution in [0.1, 0.15) is 36.9 Å². The predicted molar refractivity (Wildman–Crippen MR) is 116 cm³/mol. The van der Waals surface area contributed by atoms with E-state index in [-0.39, 0.29) is 17.9 Å². The smallest absolute Gasteiger partial charge is 0.295 e. The molecular weight excluding hydrogens is 398 g/mol. The molecule has 0 radical (unpaired) electrons. The summed E-state index contributed by atoms with van der Waals surface area (Å²) in [7, 11) is 1.54. The van der Waals surface area contributed by atoms with Crippen LogP contribution in [0.4, 0.5) is 0 Å². The van der Waals surface area contributed by atoms with Crippen molar-refractivity contribution < 1.29 is 29.3 Å². The molecule has 1 unspecified atom stereocenters. The number of aliphatic hydroxyl groups is 2. The van der Waals surface area contributed by atoms with Crippen LogP contribution in [0.25, 0.3) is 5.76 Å². The van der Waals surface area contributed by atoms with Crippen molar-refractivity contribution in [3.8, 4) is 11.5 Å². The number of nitrogens with zero attached hydrogens (tertiary/aromatic N) is 1. The average molecular weight is 425 g/mol. The number of hydrogen-bond acceptors (Lipinski definition) is 6. The minimum absolute atomic E-state index is 0.0260. The second-order valence-electron chi connectivity index (χ2n) is 7.22. The topological polar surface area (TPSA) is 96.3 Å². The van der Waals surface area contributed by atoms with Crippen molar-refractivity contribution >= 4 is 17.4 Å². The van der Waals surface area contributed by atoms with Crippen LogP contribution in [-0.4, -0.2) is 53.7 Å². The molecule has 7 heteroatoms. The van der Waals surface area contributed by atoms with Gasteiger partial charge < -0.3 is 24.6 Å². The molecule has 1 fully saturated rings. The molecule has 1 aliphatic rings. The molecule has 1 heterocycles. The summed E-state index contributed by atoms with van der Waals surface area (Å²) in [6, 6.07) is 13.1. The number of methoxy groups -OCH3 is 1. The SMILES string of the molecule is CCCN1C(=O)C(=O)/C(=C(\O)c2ccc(OC)cc2)C1c1cccc(OCCCO)c1. The van der Waals surface area contributed by atoms with E-state index in [1.54, 1.807) is 55.6 Å². The van der Waals surface area contributed by atoms with E-state index in [1.807, 2.05) is 6.92 Å². The molecule has 1 atom stereocenters. The molecule has 1 saturated heterocycles. The zero-order valence-electron chi connectivity index (χ0n) is 17.7. The molecule has 3 rings (SSSR count). The van der Waals surface area contributed by atoms with Crippen molar-refractivity contribution in [3.05, 3.63) is 65.2 Å². The van der Waals surface area contributed by atoms with Crippen LogP contribution in [0.2, 0.25) is 0 Å². The van der Waals surface area contributed by atoms with Gasteiger partial charge >= 0.3 is 0 Å². The predicted octanol–water partition coefficient (Wildman–Crippen LogP) is 3.29. The quantitative estimate of drug-likeness (QED) is 0.277. The van der Waals surface area contributed by atoms with Crippen LogP contribution in [0.15, 0.2) is 54.1 Å². The Morgan fingerprint density at radius 2 is 1.84 bits per heavy atom. The third-order valence-electron chi connectivity index (χ3n) is 5.11. The number of amides is 1. The van der Waals surface area contributed by atoms with Gasteiger partial charge in [-0.3, -0.25) is 9.59 Å². The molecule has 2 aromatic rings. The second kappa shape index (κ2) is 10.1. The molecule has 0 aromatic heterocycles. The van der Waals surface area contributed by atoms with E-state index in [2.05, 4.69) is 0 Å². The third kappa shape index (κ3) is 4.72. The lowest BCUT2D eigenvalue weighted by molar-refractivity contribution is -0.139. The first-order chi connectivity index (χ1) is 15.0. The minimum Gasteiger partial charge on any atom is -0.507 e. The van der Waals surface area contributed by atoms with Crippen molar-refractivity contribution in [2.24, 2.45) is 0 Å². The van der Waals surface area contributed by atoms with Gasteiger partial charge in [0.25, 0.3) is 11.7 Å². The first-order valence-corrected chi connectivity index (χ1v) is 10.3. The number of ether oxygens (including phenoxy) is 2. The highest BCUT2D eigenvalue weighted by Crippen LogP contribution is 2.40. The Balaban J connectivity index is 2.07. The molecule has 0 spiro atoms. The summed E-state index contributed by atoms with van der Waals surface area (Å²) in [5.41, 5.74) is 1.15. The van der Waals surface area contributed by atoms with Gasteiger partial charge in [0, 0.05) is 25.1 Å². The van der Waals surface area contributed by atoms with E-state index < -0.39 is 17.7 Å². The van der Waals surface area contributed by atoms with Gasteiger partial charge in [0.05, 0.1) is 25.3 Å². The third-order valence-corrected chi connectivity index (χ3v) is 5.11. The normalized spacial score (nSPS) is 17.8. The average Bonchev–Trinajstić information content (AvgIpc) is 3.04. The lowest BCUT2D eigenvalue weighted by Crippen LogP contribution is -2.30. The molecule has 31 heavy (non-hydrogen) atoms. The maximum Gasteiger partial charge on any atom is 0.295 e. The number of benzene rings is 2. The van der Waals surface area contributed by atoms with Gasteiger partial charge in [0.2, 0.25) is 0 Å². The molecule has 2 aromatic carbocycles. The molecule has 1 amide bonds. The molecule has 7 nitrogen and oxygen atoms in total. The molecule has 0 saturated carbocycles. The van der Waals surface area contributed by atoms with Crippen molar-refractivity contribution in [2.75, 3.05) is 26.9 Å². The van der Waals surface area contributed by atoms with Gasteiger partial charge in [-0.25, -0.2) is 0 Å². The summed E-state index contributed by atoms with van der Waals surface area (Å²) < 4.78 is 10.8. The highest BCUT2D eigenvalue weighted by Gasteiger charge is 2.45. The van der Waals surface area contributed by atoms with Crippen molar-refractivity contribution in [1.29, 1.82) is 0 Å². The molecule has 2 N–H and O–H groups in total. The van der Waals surface area contributed by atoms with Crippen molar-refractivity contribution in [1.82, 2.24) is 4.90 Å². The van der Waals surface area contributed by atoms with Crippen LogP contribution in [0, 0.1) is 0 Å². The fraction of sp³-hybridized carbons (Fsp3) is 0.333. The zero-order chi connectivity index (χ0) is 22.4. The summed E-state index contributed by atoms with van der Waals surface area (Å²) in [5, 5.41) is 20.0.